The summed E-state index contributed by atoms with van der Waals surface area (Å²) < 4.78 is 4.00. The second-order valence-electron chi connectivity index (χ2n) is 4.08. The van der Waals surface area contributed by atoms with Crippen molar-refractivity contribution in [3.05, 3.63) is 0 Å². The molecule has 0 N–H and O–H groups in total. The summed E-state index contributed by atoms with van der Waals surface area (Å²) in [4.78, 5) is 0. The first-order valence-electron chi connectivity index (χ1n) is 4.88. The molecule has 1 fully saturated rings. The van der Waals surface area contributed by atoms with Crippen LogP contribution in [0.2, 0.25) is 0 Å². The summed E-state index contributed by atoms with van der Waals surface area (Å²) in [7, 11) is 0. The Morgan fingerprint density at radius 3 is 2.50 bits per heavy atom. The van der Waals surface area contributed by atoms with Gasteiger partial charge in [-0.1, -0.05) is 19.8 Å². The molecule has 0 aromatic rings. The molecule has 68 valence electrons. The number of hydrogen-bond acceptors (Lipinski definition) is 3. The molecule has 0 spiro atoms. The minimum atomic E-state index is 0.558. The molecule has 1 aliphatic heterocycles. The maximum atomic E-state index is 4.27. The van der Waals surface area contributed by atoms with E-state index in [1.807, 2.05) is 0 Å². The Balaban J connectivity index is 1.84. The molecule has 1 heterocycles. The third-order valence-electron chi connectivity index (χ3n) is 3.10. The van der Waals surface area contributed by atoms with Gasteiger partial charge >= 0.3 is 0 Å². The highest BCUT2D eigenvalue weighted by Crippen LogP contribution is 2.35. The Morgan fingerprint density at radius 1 is 1.17 bits per heavy atom. The second kappa shape index (κ2) is 3.77. The minimum absolute atomic E-state index is 0.558. The van der Waals surface area contributed by atoms with E-state index in [2.05, 4.69) is 16.6 Å². The van der Waals surface area contributed by atoms with Gasteiger partial charge in [0.25, 0.3) is 0 Å². The van der Waals surface area contributed by atoms with E-state index < -0.39 is 0 Å². The first-order chi connectivity index (χ1) is 5.86. The Kier molecular flexibility index (Phi) is 2.69. The van der Waals surface area contributed by atoms with Crippen LogP contribution in [0.4, 0.5) is 0 Å². The zero-order valence-electron chi connectivity index (χ0n) is 7.57. The molecule has 0 aromatic heterocycles. The van der Waals surface area contributed by atoms with Gasteiger partial charge in [-0.2, -0.15) is 5.11 Å². The average molecular weight is 184 g/mol. The van der Waals surface area contributed by atoms with Crippen molar-refractivity contribution in [3.8, 4) is 0 Å². The van der Waals surface area contributed by atoms with Crippen LogP contribution in [0.5, 0.6) is 0 Å². The summed E-state index contributed by atoms with van der Waals surface area (Å²) in [5.74, 6) is 2.94. The first kappa shape index (κ1) is 8.54. The molecular formula is C9H16N2S. The van der Waals surface area contributed by atoms with E-state index in [0.717, 1.165) is 17.6 Å². The van der Waals surface area contributed by atoms with Crippen molar-refractivity contribution in [2.45, 2.75) is 38.6 Å². The van der Waals surface area contributed by atoms with Crippen molar-refractivity contribution in [2.75, 3.05) is 5.75 Å². The summed E-state index contributed by atoms with van der Waals surface area (Å²) in [5.41, 5.74) is 0. The number of hydrogen-bond donors (Lipinski definition) is 0. The van der Waals surface area contributed by atoms with Gasteiger partial charge in [-0.25, -0.2) is 0 Å². The van der Waals surface area contributed by atoms with Crippen molar-refractivity contribution in [1.82, 2.24) is 0 Å². The van der Waals surface area contributed by atoms with Crippen molar-refractivity contribution in [1.29, 1.82) is 0 Å². The maximum Gasteiger partial charge on any atom is 0.0855 e. The molecule has 1 aliphatic carbocycles. The first-order valence-corrected chi connectivity index (χ1v) is 5.82. The standard InChI is InChI=1S/C9H16N2S/c1-7-2-4-8(5-3-7)9-6-12-11-10-9/h7-9H,2-6H2,1H3. The van der Waals surface area contributed by atoms with Gasteiger partial charge in [0.2, 0.25) is 0 Å². The zero-order chi connectivity index (χ0) is 8.39. The lowest BCUT2D eigenvalue weighted by molar-refractivity contribution is 0.264. The Morgan fingerprint density at radius 2 is 1.92 bits per heavy atom. The van der Waals surface area contributed by atoms with Crippen LogP contribution in [-0.2, 0) is 0 Å². The van der Waals surface area contributed by atoms with Crippen molar-refractivity contribution in [3.63, 3.8) is 0 Å². The fourth-order valence-electron chi connectivity index (χ4n) is 2.14. The van der Waals surface area contributed by atoms with Gasteiger partial charge < -0.3 is 0 Å². The molecule has 1 saturated carbocycles. The molecular weight excluding hydrogens is 168 g/mol. The van der Waals surface area contributed by atoms with E-state index in [4.69, 9.17) is 0 Å². The molecule has 2 rings (SSSR count). The van der Waals surface area contributed by atoms with Crippen LogP contribution in [0, 0.1) is 11.8 Å². The van der Waals surface area contributed by atoms with Crippen LogP contribution in [0.15, 0.2) is 9.63 Å². The third-order valence-corrected chi connectivity index (χ3v) is 3.80. The zero-order valence-corrected chi connectivity index (χ0v) is 8.39. The molecule has 1 unspecified atom stereocenters. The fourth-order valence-corrected chi connectivity index (χ4v) is 2.88. The molecule has 2 nitrogen and oxygen atoms in total. The smallest absolute Gasteiger partial charge is 0.0855 e. The maximum absolute atomic E-state index is 4.27. The van der Waals surface area contributed by atoms with Crippen LogP contribution in [0.1, 0.15) is 32.6 Å². The number of nitrogens with zero attached hydrogens (tertiary/aromatic N) is 2. The molecule has 1 atom stereocenters. The Hall–Kier alpha value is -0.0500. The molecule has 12 heavy (non-hydrogen) atoms. The van der Waals surface area contributed by atoms with Crippen molar-refractivity contribution < 1.29 is 0 Å². The monoisotopic (exact) mass is 184 g/mol. The lowest BCUT2D eigenvalue weighted by Crippen LogP contribution is -2.23. The lowest BCUT2D eigenvalue weighted by atomic mass is 9.80. The van der Waals surface area contributed by atoms with Gasteiger partial charge in [-0.3, -0.25) is 0 Å². The predicted molar refractivity (Wildman–Crippen MR) is 52.2 cm³/mol. The van der Waals surface area contributed by atoms with Gasteiger partial charge in [-0.15, -0.1) is 4.52 Å². The number of rotatable bonds is 1. The normalized spacial score (nSPS) is 41.9. The van der Waals surface area contributed by atoms with Crippen molar-refractivity contribution >= 4 is 11.9 Å². The van der Waals surface area contributed by atoms with E-state index >= 15 is 0 Å². The van der Waals surface area contributed by atoms with Crippen LogP contribution < -0.4 is 0 Å². The molecule has 3 heteroatoms. The van der Waals surface area contributed by atoms with Gasteiger partial charge in [0, 0.05) is 5.75 Å². The van der Waals surface area contributed by atoms with E-state index in [9.17, 15) is 0 Å². The molecule has 0 bridgehead atoms. The molecule has 2 aliphatic rings. The van der Waals surface area contributed by atoms with E-state index in [-0.39, 0.29) is 0 Å². The summed E-state index contributed by atoms with van der Waals surface area (Å²) >= 11 is 1.63. The summed E-state index contributed by atoms with van der Waals surface area (Å²) in [6, 6.07) is 0.558. The van der Waals surface area contributed by atoms with E-state index in [1.54, 1.807) is 11.9 Å². The molecule has 0 aromatic carbocycles. The SMILES string of the molecule is CC1CCC(C2CSN=N2)CC1. The minimum Gasteiger partial charge on any atom is -0.177 e. The largest absolute Gasteiger partial charge is 0.177 e. The predicted octanol–water partition coefficient (Wildman–Crippen LogP) is 3.30. The summed E-state index contributed by atoms with van der Waals surface area (Å²) in [6.07, 6.45) is 5.57. The highest BCUT2D eigenvalue weighted by atomic mass is 32.2. The van der Waals surface area contributed by atoms with Crippen LogP contribution >= 0.6 is 11.9 Å². The summed E-state index contributed by atoms with van der Waals surface area (Å²) in [5, 5.41) is 4.27. The topological polar surface area (TPSA) is 24.7 Å². The van der Waals surface area contributed by atoms with Crippen LogP contribution in [-0.4, -0.2) is 11.8 Å². The van der Waals surface area contributed by atoms with Gasteiger partial charge in [-0.05, 0) is 36.6 Å². The summed E-state index contributed by atoms with van der Waals surface area (Å²) in [6.45, 7) is 2.36. The highest BCUT2D eigenvalue weighted by Gasteiger charge is 2.27. The van der Waals surface area contributed by atoms with Crippen LogP contribution in [0.25, 0.3) is 0 Å². The van der Waals surface area contributed by atoms with Crippen LogP contribution in [0.3, 0.4) is 0 Å². The lowest BCUT2D eigenvalue weighted by Gasteiger charge is -2.27. The second-order valence-corrected chi connectivity index (χ2v) is 4.84. The highest BCUT2D eigenvalue weighted by molar-refractivity contribution is 7.98. The van der Waals surface area contributed by atoms with E-state index in [1.165, 1.54) is 25.7 Å². The van der Waals surface area contributed by atoms with Crippen molar-refractivity contribution in [2.24, 2.45) is 21.5 Å². The van der Waals surface area contributed by atoms with Gasteiger partial charge in [0.15, 0.2) is 0 Å². The Labute approximate surface area is 78.4 Å². The fraction of sp³-hybridized carbons (Fsp3) is 1.00. The molecule has 0 radical (unpaired) electrons. The van der Waals surface area contributed by atoms with E-state index in [0.29, 0.717) is 6.04 Å². The average Bonchev–Trinajstić information content (AvgIpc) is 2.58. The Bertz CT molecular complexity index is 173. The third kappa shape index (κ3) is 1.82. The molecule has 0 saturated heterocycles. The van der Waals surface area contributed by atoms with Gasteiger partial charge in [0.1, 0.15) is 0 Å². The quantitative estimate of drug-likeness (QED) is 0.574. The molecule has 0 amide bonds. The van der Waals surface area contributed by atoms with Gasteiger partial charge in [0.05, 0.1) is 6.04 Å².